The number of likely N-dealkylation sites (tertiary alicyclic amines) is 1. The number of carbonyl (C=O) groups excluding carboxylic acids is 3. The van der Waals surface area contributed by atoms with Crippen LogP contribution >= 0.6 is 0 Å². The van der Waals surface area contributed by atoms with Gasteiger partial charge in [-0.05, 0) is 44.5 Å². The Balaban J connectivity index is 1.63. The molecule has 1 fully saturated rings. The Kier molecular flexibility index (Phi) is 5.99. The summed E-state index contributed by atoms with van der Waals surface area (Å²) in [6.07, 6.45) is 1.60. The summed E-state index contributed by atoms with van der Waals surface area (Å²) in [5, 5.41) is 9.08. The Bertz CT molecular complexity index is 880. The van der Waals surface area contributed by atoms with Gasteiger partial charge in [0.05, 0.1) is 12.6 Å². The van der Waals surface area contributed by atoms with E-state index in [9.17, 15) is 14.4 Å². The number of rotatable bonds is 7. The second-order valence-corrected chi connectivity index (χ2v) is 6.44. The van der Waals surface area contributed by atoms with Crippen LogP contribution in [-0.2, 0) is 4.79 Å². The lowest BCUT2D eigenvalue weighted by Gasteiger charge is -2.20. The fourth-order valence-electron chi connectivity index (χ4n) is 3.15. The van der Waals surface area contributed by atoms with Gasteiger partial charge in [0.25, 0.3) is 17.6 Å². The second kappa shape index (κ2) is 8.61. The molecular formula is C18H22N6O4. The number of carbonyl (C=O) groups is 3. The summed E-state index contributed by atoms with van der Waals surface area (Å²) in [5.74, 6) is -1.08. The molecule has 3 amide bonds. The van der Waals surface area contributed by atoms with Gasteiger partial charge in [-0.2, -0.15) is 4.98 Å². The Morgan fingerprint density at radius 2 is 2.18 bits per heavy atom. The van der Waals surface area contributed by atoms with Crippen LogP contribution in [0.5, 0.6) is 0 Å². The minimum absolute atomic E-state index is 0.115. The fraction of sp³-hybridized carbons (Fsp3) is 0.389. The van der Waals surface area contributed by atoms with Crippen molar-refractivity contribution in [1.29, 1.82) is 0 Å². The molecule has 1 aliphatic rings. The number of primary amides is 1. The predicted molar refractivity (Wildman–Crippen MR) is 99.4 cm³/mol. The molecule has 2 aromatic rings. The summed E-state index contributed by atoms with van der Waals surface area (Å²) in [6.45, 7) is 3.17. The molecule has 1 aliphatic heterocycles. The molecule has 0 spiro atoms. The predicted octanol–water partition coefficient (Wildman–Crippen LogP) is 0.694. The normalized spacial score (nSPS) is 16.7. The molecule has 1 aromatic heterocycles. The van der Waals surface area contributed by atoms with Crippen molar-refractivity contribution < 1.29 is 18.9 Å². The number of benzene rings is 1. The third kappa shape index (κ3) is 4.52. The van der Waals surface area contributed by atoms with Gasteiger partial charge in [0, 0.05) is 17.8 Å². The molecule has 0 radical (unpaired) electrons. The summed E-state index contributed by atoms with van der Waals surface area (Å²) < 4.78 is 5.13. The van der Waals surface area contributed by atoms with Gasteiger partial charge < -0.3 is 20.9 Å². The molecule has 0 aliphatic carbocycles. The van der Waals surface area contributed by atoms with Gasteiger partial charge in [-0.3, -0.25) is 19.3 Å². The largest absolute Gasteiger partial charge is 0.363 e. The first-order valence-electron chi connectivity index (χ1n) is 9.03. The van der Waals surface area contributed by atoms with Crippen LogP contribution in [0, 0.1) is 0 Å². The van der Waals surface area contributed by atoms with Crippen LogP contribution in [0.4, 0.5) is 5.69 Å². The van der Waals surface area contributed by atoms with Crippen molar-refractivity contribution in [2.45, 2.75) is 25.8 Å². The lowest BCUT2D eigenvalue weighted by molar-refractivity contribution is -0.117. The lowest BCUT2D eigenvalue weighted by atomic mass is 10.2. The third-order valence-corrected chi connectivity index (χ3v) is 4.40. The molecule has 1 saturated heterocycles. The third-order valence-electron chi connectivity index (χ3n) is 4.40. The van der Waals surface area contributed by atoms with Crippen molar-refractivity contribution >= 4 is 23.4 Å². The summed E-state index contributed by atoms with van der Waals surface area (Å²) in [7, 11) is 0. The smallest absolute Gasteiger partial charge is 0.290 e. The van der Waals surface area contributed by atoms with Gasteiger partial charge in [-0.1, -0.05) is 11.2 Å². The van der Waals surface area contributed by atoms with E-state index in [0.29, 0.717) is 24.3 Å². The Morgan fingerprint density at radius 1 is 1.36 bits per heavy atom. The zero-order chi connectivity index (χ0) is 20.1. The maximum atomic E-state index is 12.5. The van der Waals surface area contributed by atoms with Crippen molar-refractivity contribution in [3.05, 3.63) is 41.5 Å². The quantitative estimate of drug-likeness (QED) is 0.635. The van der Waals surface area contributed by atoms with Crippen molar-refractivity contribution in [1.82, 2.24) is 20.4 Å². The molecule has 148 valence electrons. The van der Waals surface area contributed by atoms with Crippen LogP contribution < -0.4 is 16.4 Å². The monoisotopic (exact) mass is 386 g/mol. The zero-order valence-electron chi connectivity index (χ0n) is 15.5. The Morgan fingerprint density at radius 3 is 2.89 bits per heavy atom. The highest BCUT2D eigenvalue weighted by atomic mass is 16.5. The van der Waals surface area contributed by atoms with E-state index in [0.717, 1.165) is 12.8 Å². The molecule has 28 heavy (non-hydrogen) atoms. The SMILES string of the molecule is CCNC(=O)c1cccc(NC(=O)CN2CCC[C@H]2c2nc(C(N)=O)no2)c1. The Hall–Kier alpha value is -3.27. The lowest BCUT2D eigenvalue weighted by Crippen LogP contribution is -2.33. The van der Waals surface area contributed by atoms with Gasteiger partial charge in [0.15, 0.2) is 0 Å². The van der Waals surface area contributed by atoms with E-state index in [-0.39, 0.29) is 36.1 Å². The van der Waals surface area contributed by atoms with Crippen LogP contribution in [0.1, 0.15) is 52.7 Å². The zero-order valence-corrected chi connectivity index (χ0v) is 15.5. The molecule has 2 heterocycles. The van der Waals surface area contributed by atoms with Gasteiger partial charge in [0.2, 0.25) is 11.8 Å². The summed E-state index contributed by atoms with van der Waals surface area (Å²) in [4.78, 5) is 41.4. The van der Waals surface area contributed by atoms with E-state index in [4.69, 9.17) is 10.3 Å². The van der Waals surface area contributed by atoms with Crippen LogP contribution in [0.2, 0.25) is 0 Å². The first-order chi connectivity index (χ1) is 13.5. The Labute approximate surface area is 161 Å². The van der Waals surface area contributed by atoms with Gasteiger partial charge in [-0.25, -0.2) is 0 Å². The highest BCUT2D eigenvalue weighted by molar-refractivity contribution is 5.97. The molecule has 10 nitrogen and oxygen atoms in total. The van der Waals surface area contributed by atoms with E-state index in [2.05, 4.69) is 20.8 Å². The molecule has 1 atom stereocenters. The van der Waals surface area contributed by atoms with Gasteiger partial charge in [0.1, 0.15) is 0 Å². The van der Waals surface area contributed by atoms with E-state index >= 15 is 0 Å². The minimum atomic E-state index is -0.760. The van der Waals surface area contributed by atoms with Crippen molar-refractivity contribution in [2.24, 2.45) is 5.73 Å². The van der Waals surface area contributed by atoms with Gasteiger partial charge >= 0.3 is 0 Å². The average molecular weight is 386 g/mol. The number of anilines is 1. The van der Waals surface area contributed by atoms with Crippen molar-refractivity contribution in [3.8, 4) is 0 Å². The standard InChI is InChI=1S/C18H22N6O4/c1-2-20-17(27)11-5-3-6-12(9-11)21-14(25)10-24-8-4-7-13(24)18-22-16(15(19)26)23-28-18/h3,5-6,9,13H,2,4,7-8,10H2,1H3,(H2,19,26)(H,20,27)(H,21,25)/t13-/m0/s1. The van der Waals surface area contributed by atoms with Crippen LogP contribution in [0.25, 0.3) is 0 Å². The summed E-state index contributed by atoms with van der Waals surface area (Å²) in [6, 6.07) is 6.50. The highest BCUT2D eigenvalue weighted by Gasteiger charge is 2.32. The number of amides is 3. The highest BCUT2D eigenvalue weighted by Crippen LogP contribution is 2.30. The van der Waals surface area contributed by atoms with Gasteiger partial charge in [-0.15, -0.1) is 0 Å². The molecule has 0 unspecified atom stereocenters. The van der Waals surface area contributed by atoms with E-state index in [1.807, 2.05) is 11.8 Å². The van der Waals surface area contributed by atoms with Crippen molar-refractivity contribution in [2.75, 3.05) is 25.0 Å². The maximum absolute atomic E-state index is 12.5. The maximum Gasteiger partial charge on any atom is 0.290 e. The molecule has 4 N–H and O–H groups in total. The first kappa shape index (κ1) is 19.5. The summed E-state index contributed by atoms with van der Waals surface area (Å²) in [5.41, 5.74) is 6.16. The molecule has 0 bridgehead atoms. The number of hydrogen-bond acceptors (Lipinski definition) is 7. The first-order valence-corrected chi connectivity index (χ1v) is 9.03. The molecule has 1 aromatic carbocycles. The topological polar surface area (TPSA) is 143 Å². The molecule has 10 heteroatoms. The van der Waals surface area contributed by atoms with Crippen LogP contribution in [0.15, 0.2) is 28.8 Å². The van der Waals surface area contributed by atoms with E-state index in [1.54, 1.807) is 24.3 Å². The van der Waals surface area contributed by atoms with E-state index in [1.165, 1.54) is 0 Å². The second-order valence-electron chi connectivity index (χ2n) is 6.44. The fourth-order valence-corrected chi connectivity index (χ4v) is 3.15. The number of nitrogens with two attached hydrogens (primary N) is 1. The van der Waals surface area contributed by atoms with Crippen LogP contribution in [0.3, 0.4) is 0 Å². The van der Waals surface area contributed by atoms with Crippen molar-refractivity contribution in [3.63, 3.8) is 0 Å². The number of hydrogen-bond donors (Lipinski definition) is 3. The minimum Gasteiger partial charge on any atom is -0.363 e. The average Bonchev–Trinajstić information content (AvgIpc) is 3.31. The molecular weight excluding hydrogens is 364 g/mol. The molecule has 3 rings (SSSR count). The van der Waals surface area contributed by atoms with Crippen LogP contribution in [-0.4, -0.2) is 52.4 Å². The number of nitrogens with zero attached hydrogens (tertiary/aromatic N) is 3. The number of aromatic nitrogens is 2. The van der Waals surface area contributed by atoms with E-state index < -0.39 is 5.91 Å². The molecule has 0 saturated carbocycles. The summed E-state index contributed by atoms with van der Waals surface area (Å²) >= 11 is 0. The number of nitrogens with one attached hydrogen (secondary N) is 2.